The average Bonchev–Trinajstić information content (AvgIpc) is 3.22. The lowest BCUT2D eigenvalue weighted by Gasteiger charge is -2.19. The van der Waals surface area contributed by atoms with Crippen LogP contribution in [0.5, 0.6) is 0 Å². The van der Waals surface area contributed by atoms with Crippen LogP contribution in [0.1, 0.15) is 12.1 Å². The van der Waals surface area contributed by atoms with Crippen molar-refractivity contribution < 1.29 is 13.2 Å². The van der Waals surface area contributed by atoms with Crippen LogP contribution in [0.4, 0.5) is 5.13 Å². The molecule has 0 spiro atoms. The van der Waals surface area contributed by atoms with Gasteiger partial charge in [-0.2, -0.15) is 0 Å². The molecule has 164 valence electrons. The van der Waals surface area contributed by atoms with E-state index in [1.165, 1.54) is 40.5 Å². The Morgan fingerprint density at radius 2 is 1.78 bits per heavy atom. The molecule has 32 heavy (non-hydrogen) atoms. The first-order chi connectivity index (χ1) is 15.3. The minimum Gasteiger partial charge on any atom is -0.282 e. The second-order valence-electron chi connectivity index (χ2n) is 6.91. The summed E-state index contributed by atoms with van der Waals surface area (Å²) in [5.41, 5.74) is 1.26. The first kappa shape index (κ1) is 22.7. The molecular formula is C22H17Cl2N3O3S2. The van der Waals surface area contributed by atoms with E-state index in [2.05, 4.69) is 9.97 Å². The first-order valence-electron chi connectivity index (χ1n) is 9.57. The monoisotopic (exact) mass is 505 g/mol. The third-order valence-electron chi connectivity index (χ3n) is 4.69. The predicted octanol–water partition coefficient (Wildman–Crippen LogP) is 5.40. The summed E-state index contributed by atoms with van der Waals surface area (Å²) in [4.78, 5) is 23.6. The molecule has 0 bridgehead atoms. The molecule has 2 aromatic heterocycles. The molecule has 0 radical (unpaired) electrons. The van der Waals surface area contributed by atoms with Gasteiger partial charge in [0.05, 0.1) is 32.6 Å². The van der Waals surface area contributed by atoms with Gasteiger partial charge in [0.2, 0.25) is 5.91 Å². The maximum absolute atomic E-state index is 13.2. The Labute approximate surface area is 199 Å². The summed E-state index contributed by atoms with van der Waals surface area (Å²) in [6.07, 6.45) is 1.43. The highest BCUT2D eigenvalue weighted by Gasteiger charge is 2.24. The number of thiazole rings is 1. The van der Waals surface area contributed by atoms with E-state index in [9.17, 15) is 13.2 Å². The number of carbonyl (C=O) groups is 1. The van der Waals surface area contributed by atoms with Crippen molar-refractivity contribution in [3.8, 4) is 0 Å². The molecular weight excluding hydrogens is 489 g/mol. The number of benzene rings is 2. The smallest absolute Gasteiger partial charge is 0.230 e. The van der Waals surface area contributed by atoms with Gasteiger partial charge in [0, 0.05) is 17.6 Å². The molecule has 0 unspecified atom stereocenters. The number of rotatable bonds is 7. The van der Waals surface area contributed by atoms with Crippen LogP contribution in [0.25, 0.3) is 10.2 Å². The fourth-order valence-corrected chi connectivity index (χ4v) is 5.69. The zero-order valence-electron chi connectivity index (χ0n) is 16.6. The first-order valence-corrected chi connectivity index (χ1v) is 12.8. The summed E-state index contributed by atoms with van der Waals surface area (Å²) in [5, 5.41) is 1.37. The molecule has 0 saturated carbocycles. The van der Waals surface area contributed by atoms with Gasteiger partial charge in [-0.3, -0.25) is 14.7 Å². The zero-order valence-corrected chi connectivity index (χ0v) is 19.8. The highest BCUT2D eigenvalue weighted by atomic mass is 35.5. The van der Waals surface area contributed by atoms with Crippen molar-refractivity contribution in [1.82, 2.24) is 9.97 Å². The van der Waals surface area contributed by atoms with Crippen LogP contribution in [0.2, 0.25) is 10.0 Å². The van der Waals surface area contributed by atoms with E-state index in [0.29, 0.717) is 26.4 Å². The van der Waals surface area contributed by atoms with E-state index in [1.54, 1.807) is 24.4 Å². The number of para-hydroxylation sites is 1. The van der Waals surface area contributed by atoms with Crippen molar-refractivity contribution in [2.45, 2.75) is 17.9 Å². The van der Waals surface area contributed by atoms with Crippen molar-refractivity contribution in [2.24, 2.45) is 0 Å². The van der Waals surface area contributed by atoms with E-state index in [1.807, 2.05) is 18.2 Å². The average molecular weight is 506 g/mol. The number of fused-ring (bicyclic) bond motifs is 1. The molecule has 2 heterocycles. The number of halogens is 2. The number of carbonyl (C=O) groups excluding carboxylic acids is 1. The molecule has 0 atom stereocenters. The third-order valence-corrected chi connectivity index (χ3v) is 8.03. The summed E-state index contributed by atoms with van der Waals surface area (Å²) in [6, 6.07) is 16.7. The minimum absolute atomic E-state index is 0.123. The second kappa shape index (κ2) is 9.54. The summed E-state index contributed by atoms with van der Waals surface area (Å²) in [6.45, 7) is 0.165. The summed E-state index contributed by atoms with van der Waals surface area (Å²) < 4.78 is 26.2. The lowest BCUT2D eigenvalue weighted by atomic mass is 10.3. The molecule has 0 saturated heterocycles. The quantitative estimate of drug-likeness (QED) is 0.336. The Morgan fingerprint density at radius 3 is 2.47 bits per heavy atom. The Balaban J connectivity index is 1.61. The van der Waals surface area contributed by atoms with Crippen LogP contribution >= 0.6 is 34.5 Å². The molecule has 0 aliphatic rings. The normalized spacial score (nSPS) is 11.6. The lowest BCUT2D eigenvalue weighted by Crippen LogP contribution is -2.32. The molecule has 0 aliphatic heterocycles. The molecule has 6 nitrogen and oxygen atoms in total. The molecule has 0 aliphatic carbocycles. The maximum atomic E-state index is 13.2. The van der Waals surface area contributed by atoms with Crippen LogP contribution < -0.4 is 4.90 Å². The number of amides is 1. The van der Waals surface area contributed by atoms with Crippen LogP contribution in [0.15, 0.2) is 71.8 Å². The van der Waals surface area contributed by atoms with Crippen molar-refractivity contribution in [2.75, 3.05) is 10.7 Å². The number of hydrogen-bond acceptors (Lipinski definition) is 6. The number of anilines is 1. The van der Waals surface area contributed by atoms with Crippen molar-refractivity contribution in [3.63, 3.8) is 0 Å². The van der Waals surface area contributed by atoms with Crippen LogP contribution in [-0.2, 0) is 21.2 Å². The molecule has 4 aromatic rings. The summed E-state index contributed by atoms with van der Waals surface area (Å²) in [7, 11) is -3.65. The Morgan fingerprint density at radius 1 is 1.00 bits per heavy atom. The fourth-order valence-electron chi connectivity index (χ4n) is 3.05. The van der Waals surface area contributed by atoms with Gasteiger partial charge in [0.25, 0.3) is 0 Å². The van der Waals surface area contributed by atoms with E-state index >= 15 is 0 Å². The largest absolute Gasteiger partial charge is 0.282 e. The fraction of sp³-hybridized carbons (Fsp3) is 0.136. The number of nitrogens with zero attached hydrogens (tertiary/aromatic N) is 3. The Hall–Kier alpha value is -2.52. The van der Waals surface area contributed by atoms with Gasteiger partial charge in [0.15, 0.2) is 15.0 Å². The highest BCUT2D eigenvalue weighted by molar-refractivity contribution is 7.91. The summed E-state index contributed by atoms with van der Waals surface area (Å²) >= 11 is 13.4. The molecule has 1 amide bonds. The van der Waals surface area contributed by atoms with E-state index in [-0.39, 0.29) is 29.5 Å². The van der Waals surface area contributed by atoms with Gasteiger partial charge in [-0.15, -0.1) is 0 Å². The summed E-state index contributed by atoms with van der Waals surface area (Å²) in [5.74, 6) is -0.707. The minimum atomic E-state index is -3.65. The van der Waals surface area contributed by atoms with Crippen LogP contribution in [-0.4, -0.2) is 30.0 Å². The molecule has 4 rings (SSSR count). The van der Waals surface area contributed by atoms with Crippen molar-refractivity contribution in [1.29, 1.82) is 0 Å². The van der Waals surface area contributed by atoms with Crippen molar-refractivity contribution >= 4 is 65.6 Å². The van der Waals surface area contributed by atoms with Gasteiger partial charge in [-0.25, -0.2) is 13.4 Å². The van der Waals surface area contributed by atoms with Gasteiger partial charge >= 0.3 is 0 Å². The van der Waals surface area contributed by atoms with Crippen LogP contribution in [0.3, 0.4) is 0 Å². The molecule has 0 fully saturated rings. The van der Waals surface area contributed by atoms with Gasteiger partial charge in [0.1, 0.15) is 5.52 Å². The van der Waals surface area contributed by atoms with Crippen LogP contribution in [0, 0.1) is 0 Å². The molecule has 10 heteroatoms. The van der Waals surface area contributed by atoms with Gasteiger partial charge in [-0.05, 0) is 48.5 Å². The number of sulfone groups is 1. The predicted molar refractivity (Wildman–Crippen MR) is 128 cm³/mol. The van der Waals surface area contributed by atoms with Crippen molar-refractivity contribution in [3.05, 3.63) is 82.6 Å². The van der Waals surface area contributed by atoms with E-state index < -0.39 is 9.84 Å². The lowest BCUT2D eigenvalue weighted by molar-refractivity contribution is -0.118. The van der Waals surface area contributed by atoms with E-state index in [4.69, 9.17) is 23.2 Å². The number of aromatic nitrogens is 2. The third kappa shape index (κ3) is 5.10. The highest BCUT2D eigenvalue weighted by Crippen LogP contribution is 2.33. The van der Waals surface area contributed by atoms with Gasteiger partial charge in [-0.1, -0.05) is 46.7 Å². The second-order valence-corrected chi connectivity index (χ2v) is 10.9. The number of pyridine rings is 1. The van der Waals surface area contributed by atoms with E-state index in [0.717, 1.165) is 4.70 Å². The number of hydrogen-bond donors (Lipinski definition) is 0. The topological polar surface area (TPSA) is 80.2 Å². The standard InChI is InChI=1S/C22H17Cl2N3O3S2/c23-15-7-9-17(10-8-15)32(29,30)13-11-20(28)27(14-16-4-1-2-12-25-16)22-26-21-18(24)5-3-6-19(21)31-22/h1-10,12H,11,13-14H2. The Kier molecular flexibility index (Phi) is 6.76. The maximum Gasteiger partial charge on any atom is 0.230 e. The van der Waals surface area contributed by atoms with Gasteiger partial charge < -0.3 is 0 Å². The zero-order chi connectivity index (χ0) is 22.7. The molecule has 0 N–H and O–H groups in total. The SMILES string of the molecule is O=C(CCS(=O)(=O)c1ccc(Cl)cc1)N(Cc1ccccn1)c1nc2c(Cl)cccc2s1. The molecule has 2 aromatic carbocycles. The Bertz CT molecular complexity index is 1360.